The van der Waals surface area contributed by atoms with Crippen LogP contribution in [0.2, 0.25) is 0 Å². The minimum atomic E-state index is -0.965. The molecule has 3 rings (SSSR count). The number of carbonyl (C=O) groups is 1. The zero-order valence-corrected chi connectivity index (χ0v) is 12.3. The van der Waals surface area contributed by atoms with Gasteiger partial charge in [-0.3, -0.25) is 5.10 Å². The maximum Gasteiger partial charge on any atom is 0.335 e. The van der Waals surface area contributed by atoms with Crippen molar-refractivity contribution < 1.29 is 14.6 Å². The van der Waals surface area contributed by atoms with Crippen LogP contribution < -0.4 is 10.1 Å². The lowest BCUT2D eigenvalue weighted by atomic mass is 10.2. The van der Waals surface area contributed by atoms with Crippen molar-refractivity contribution in [3.63, 3.8) is 0 Å². The maximum absolute atomic E-state index is 10.8. The fourth-order valence-corrected chi connectivity index (χ4v) is 2.10. The van der Waals surface area contributed by atoms with Crippen LogP contribution in [-0.4, -0.2) is 33.4 Å². The molecule has 0 spiro atoms. The molecule has 0 saturated carbocycles. The molecule has 0 unspecified atom stereocenters. The molecule has 1 heterocycles. The van der Waals surface area contributed by atoms with E-state index in [1.54, 1.807) is 19.2 Å². The Bertz CT molecular complexity index is 827. The Morgan fingerprint density at radius 2 is 1.91 bits per heavy atom. The van der Waals surface area contributed by atoms with Gasteiger partial charge in [0.05, 0.1) is 18.2 Å². The number of nitrogens with one attached hydrogen (secondary N) is 2. The predicted molar refractivity (Wildman–Crippen MR) is 85.1 cm³/mol. The van der Waals surface area contributed by atoms with Crippen LogP contribution in [0.5, 0.6) is 5.75 Å². The van der Waals surface area contributed by atoms with E-state index in [-0.39, 0.29) is 5.56 Å². The molecule has 0 bridgehead atoms. The van der Waals surface area contributed by atoms with Gasteiger partial charge in [0.25, 0.3) is 0 Å². The third-order valence-corrected chi connectivity index (χ3v) is 3.24. The minimum absolute atomic E-state index is 0.222. The van der Waals surface area contributed by atoms with Crippen molar-refractivity contribution >= 4 is 17.6 Å². The van der Waals surface area contributed by atoms with Gasteiger partial charge in [-0.05, 0) is 36.4 Å². The van der Waals surface area contributed by atoms with E-state index < -0.39 is 5.97 Å². The Morgan fingerprint density at radius 3 is 2.61 bits per heavy atom. The standard InChI is InChI=1S/C16H14N4O3/c1-23-13-5-3-2-4-12(13)14-18-16(20-19-14)17-11-8-6-10(7-9-11)15(21)22/h2-9H,1H3,(H,21,22)(H2,17,18,19,20). The number of ether oxygens (including phenoxy) is 1. The first-order valence-electron chi connectivity index (χ1n) is 6.83. The van der Waals surface area contributed by atoms with Gasteiger partial charge in [0.1, 0.15) is 5.75 Å². The highest BCUT2D eigenvalue weighted by Crippen LogP contribution is 2.27. The van der Waals surface area contributed by atoms with E-state index >= 15 is 0 Å². The number of benzene rings is 2. The highest BCUT2D eigenvalue weighted by molar-refractivity contribution is 5.88. The second-order valence-electron chi connectivity index (χ2n) is 4.72. The molecular weight excluding hydrogens is 296 g/mol. The van der Waals surface area contributed by atoms with E-state index in [4.69, 9.17) is 9.84 Å². The molecule has 0 aliphatic carbocycles. The molecule has 0 aliphatic rings. The normalized spacial score (nSPS) is 10.3. The van der Waals surface area contributed by atoms with Crippen LogP contribution >= 0.6 is 0 Å². The number of anilines is 2. The minimum Gasteiger partial charge on any atom is -0.496 e. The van der Waals surface area contributed by atoms with Gasteiger partial charge in [0.15, 0.2) is 5.82 Å². The number of carboxylic acids is 1. The topological polar surface area (TPSA) is 100 Å². The predicted octanol–water partition coefficient (Wildman–Crippen LogP) is 2.92. The molecule has 2 aromatic carbocycles. The third kappa shape index (κ3) is 3.13. The van der Waals surface area contributed by atoms with Gasteiger partial charge in [0, 0.05) is 5.69 Å². The summed E-state index contributed by atoms with van der Waals surface area (Å²) < 4.78 is 5.30. The third-order valence-electron chi connectivity index (χ3n) is 3.24. The summed E-state index contributed by atoms with van der Waals surface area (Å²) in [6, 6.07) is 13.8. The van der Waals surface area contributed by atoms with Crippen LogP contribution in [0.1, 0.15) is 10.4 Å². The molecule has 0 saturated heterocycles. The monoisotopic (exact) mass is 310 g/mol. The lowest BCUT2D eigenvalue weighted by molar-refractivity contribution is 0.0697. The Hall–Kier alpha value is -3.35. The van der Waals surface area contributed by atoms with Crippen molar-refractivity contribution in [1.29, 1.82) is 0 Å². The van der Waals surface area contributed by atoms with Crippen LogP contribution in [0.4, 0.5) is 11.6 Å². The van der Waals surface area contributed by atoms with Gasteiger partial charge < -0.3 is 15.2 Å². The van der Waals surface area contributed by atoms with Gasteiger partial charge in [-0.15, -0.1) is 5.10 Å². The molecule has 7 heteroatoms. The fraction of sp³-hybridized carbons (Fsp3) is 0.0625. The summed E-state index contributed by atoms with van der Waals surface area (Å²) in [4.78, 5) is 15.2. The second-order valence-corrected chi connectivity index (χ2v) is 4.72. The molecule has 3 N–H and O–H groups in total. The number of methoxy groups -OCH3 is 1. The van der Waals surface area contributed by atoms with E-state index in [1.807, 2.05) is 24.3 Å². The first-order valence-corrected chi connectivity index (χ1v) is 6.83. The van der Waals surface area contributed by atoms with E-state index in [0.717, 1.165) is 5.56 Å². The second kappa shape index (κ2) is 6.18. The van der Waals surface area contributed by atoms with Crippen LogP contribution in [0.3, 0.4) is 0 Å². The number of para-hydroxylation sites is 1. The number of carboxylic acid groups (broad SMARTS) is 1. The Morgan fingerprint density at radius 1 is 1.17 bits per heavy atom. The molecule has 0 aliphatic heterocycles. The van der Waals surface area contributed by atoms with Gasteiger partial charge >= 0.3 is 5.97 Å². The largest absolute Gasteiger partial charge is 0.496 e. The molecule has 23 heavy (non-hydrogen) atoms. The zero-order chi connectivity index (χ0) is 16.2. The Kier molecular flexibility index (Phi) is 3.92. The smallest absolute Gasteiger partial charge is 0.335 e. The number of nitrogens with zero attached hydrogens (tertiary/aromatic N) is 2. The lowest BCUT2D eigenvalue weighted by Crippen LogP contribution is -1.97. The van der Waals surface area contributed by atoms with Crippen LogP contribution in [0.25, 0.3) is 11.4 Å². The van der Waals surface area contributed by atoms with E-state index in [1.165, 1.54) is 12.1 Å². The zero-order valence-electron chi connectivity index (χ0n) is 12.3. The summed E-state index contributed by atoms with van der Waals surface area (Å²) in [7, 11) is 1.60. The van der Waals surface area contributed by atoms with Gasteiger partial charge in [-0.2, -0.15) is 4.98 Å². The fourth-order valence-electron chi connectivity index (χ4n) is 2.10. The summed E-state index contributed by atoms with van der Waals surface area (Å²) in [6.45, 7) is 0. The molecule has 0 radical (unpaired) electrons. The van der Waals surface area contributed by atoms with Crippen molar-refractivity contribution in [1.82, 2.24) is 15.2 Å². The summed E-state index contributed by atoms with van der Waals surface area (Å²) >= 11 is 0. The van der Waals surface area contributed by atoms with Crippen LogP contribution in [0.15, 0.2) is 48.5 Å². The maximum atomic E-state index is 10.8. The molecule has 116 valence electrons. The molecule has 0 amide bonds. The van der Waals surface area contributed by atoms with Crippen molar-refractivity contribution in [2.45, 2.75) is 0 Å². The van der Waals surface area contributed by atoms with Gasteiger partial charge in [-0.25, -0.2) is 4.79 Å². The van der Waals surface area contributed by atoms with Crippen molar-refractivity contribution in [3.05, 3.63) is 54.1 Å². The first kappa shape index (κ1) is 14.6. The van der Waals surface area contributed by atoms with Crippen LogP contribution in [-0.2, 0) is 0 Å². The molecular formula is C16H14N4O3. The number of aromatic carboxylic acids is 1. The lowest BCUT2D eigenvalue weighted by Gasteiger charge is -2.04. The molecule has 7 nitrogen and oxygen atoms in total. The Labute approximate surface area is 132 Å². The van der Waals surface area contributed by atoms with E-state index in [0.29, 0.717) is 23.2 Å². The van der Waals surface area contributed by atoms with E-state index in [9.17, 15) is 4.79 Å². The number of hydrogen-bond donors (Lipinski definition) is 3. The number of rotatable bonds is 5. The number of aromatic amines is 1. The number of H-pyrrole nitrogens is 1. The van der Waals surface area contributed by atoms with Crippen molar-refractivity contribution in [2.75, 3.05) is 12.4 Å². The summed E-state index contributed by atoms with van der Waals surface area (Å²) in [5.74, 6) is 0.690. The summed E-state index contributed by atoms with van der Waals surface area (Å²) in [5.41, 5.74) is 1.72. The van der Waals surface area contributed by atoms with Crippen molar-refractivity contribution in [2.24, 2.45) is 0 Å². The van der Waals surface area contributed by atoms with Crippen LogP contribution in [0, 0.1) is 0 Å². The highest BCUT2D eigenvalue weighted by Gasteiger charge is 2.10. The SMILES string of the molecule is COc1ccccc1-c1nc(Nc2ccc(C(=O)O)cc2)n[nH]1. The number of aromatic nitrogens is 3. The number of hydrogen-bond acceptors (Lipinski definition) is 5. The first-order chi connectivity index (χ1) is 11.2. The highest BCUT2D eigenvalue weighted by atomic mass is 16.5. The summed E-state index contributed by atoms with van der Waals surface area (Å²) in [5, 5.41) is 18.8. The average Bonchev–Trinajstić information content (AvgIpc) is 3.03. The average molecular weight is 310 g/mol. The van der Waals surface area contributed by atoms with Gasteiger partial charge in [0.2, 0.25) is 5.95 Å². The molecule has 0 fully saturated rings. The quantitative estimate of drug-likeness (QED) is 0.670. The molecule has 3 aromatic rings. The molecule has 1 aromatic heterocycles. The Balaban J connectivity index is 1.80. The summed E-state index contributed by atoms with van der Waals surface area (Å²) in [6.07, 6.45) is 0. The van der Waals surface area contributed by atoms with Crippen molar-refractivity contribution in [3.8, 4) is 17.1 Å². The molecule has 0 atom stereocenters. The van der Waals surface area contributed by atoms with Gasteiger partial charge in [-0.1, -0.05) is 12.1 Å². The van der Waals surface area contributed by atoms with E-state index in [2.05, 4.69) is 20.5 Å².